The van der Waals surface area contributed by atoms with Crippen LogP contribution in [-0.4, -0.2) is 95.9 Å². The van der Waals surface area contributed by atoms with Crippen molar-refractivity contribution in [1.29, 1.82) is 0 Å². The summed E-state index contributed by atoms with van der Waals surface area (Å²) in [5, 5.41) is 12.5. The number of anilines is 2. The van der Waals surface area contributed by atoms with Crippen molar-refractivity contribution in [1.82, 2.24) is 19.8 Å². The van der Waals surface area contributed by atoms with Gasteiger partial charge in [0.1, 0.15) is 24.3 Å². The molecule has 2 saturated heterocycles. The van der Waals surface area contributed by atoms with E-state index in [1.807, 2.05) is 24.3 Å². The number of ether oxygens (including phenoxy) is 1. The van der Waals surface area contributed by atoms with Gasteiger partial charge in [0.05, 0.1) is 12.2 Å². The number of nitrogens with zero attached hydrogens (tertiary/aromatic N) is 6. The summed E-state index contributed by atoms with van der Waals surface area (Å²) in [4.78, 5) is 30.2. The Balaban J connectivity index is 1.27. The SMILES string of the molecule is C=CC(=O)N1CCN(c2nc(OCCN3CCC(F)C3)nc3c2CCN(c2cc(O)cc4ccccc24)C3)CC1. The number of fused-ring (bicyclic) bond motifs is 2. The quantitative estimate of drug-likeness (QED) is 0.453. The van der Waals surface area contributed by atoms with Crippen molar-refractivity contribution >= 4 is 28.2 Å². The zero-order valence-electron chi connectivity index (χ0n) is 22.6. The second kappa shape index (κ2) is 11.3. The Hall–Kier alpha value is -3.92. The van der Waals surface area contributed by atoms with Crippen molar-refractivity contribution in [2.45, 2.75) is 25.6 Å². The van der Waals surface area contributed by atoms with Crippen LogP contribution in [0.1, 0.15) is 17.7 Å². The van der Waals surface area contributed by atoms with Crippen LogP contribution >= 0.6 is 0 Å². The number of hydrogen-bond donors (Lipinski definition) is 1. The number of carbonyl (C=O) groups excluding carboxylic acids is 1. The lowest BCUT2D eigenvalue weighted by Gasteiger charge is -2.38. The van der Waals surface area contributed by atoms with E-state index in [4.69, 9.17) is 14.7 Å². The number of rotatable bonds is 7. The molecule has 10 heteroatoms. The summed E-state index contributed by atoms with van der Waals surface area (Å²) in [6.45, 7) is 9.63. The van der Waals surface area contributed by atoms with E-state index in [0.717, 1.165) is 53.0 Å². The zero-order valence-corrected chi connectivity index (χ0v) is 22.6. The highest BCUT2D eigenvalue weighted by atomic mass is 19.1. The number of alkyl halides is 1. The normalized spacial score (nSPS) is 19.6. The van der Waals surface area contributed by atoms with Crippen LogP contribution in [0.5, 0.6) is 11.8 Å². The van der Waals surface area contributed by atoms with Crippen molar-refractivity contribution < 1.29 is 19.0 Å². The van der Waals surface area contributed by atoms with Gasteiger partial charge in [0, 0.05) is 75.1 Å². The maximum absolute atomic E-state index is 13.6. The van der Waals surface area contributed by atoms with E-state index in [9.17, 15) is 14.3 Å². The van der Waals surface area contributed by atoms with Crippen molar-refractivity contribution in [3.05, 3.63) is 60.3 Å². The predicted octanol–water partition coefficient (Wildman–Crippen LogP) is 3.16. The van der Waals surface area contributed by atoms with Gasteiger partial charge in [-0.1, -0.05) is 30.8 Å². The van der Waals surface area contributed by atoms with Crippen molar-refractivity contribution in [3.8, 4) is 11.8 Å². The molecule has 6 rings (SSSR count). The molecular weight excluding hydrogens is 511 g/mol. The first-order chi connectivity index (χ1) is 19.5. The van der Waals surface area contributed by atoms with Gasteiger partial charge in [-0.3, -0.25) is 9.69 Å². The first-order valence-corrected chi connectivity index (χ1v) is 14.0. The van der Waals surface area contributed by atoms with Crippen LogP contribution < -0.4 is 14.5 Å². The predicted molar refractivity (Wildman–Crippen MR) is 153 cm³/mol. The van der Waals surface area contributed by atoms with Gasteiger partial charge in [-0.05, 0) is 30.4 Å². The van der Waals surface area contributed by atoms with Crippen molar-refractivity contribution in [2.75, 3.05) is 68.8 Å². The molecule has 0 bridgehead atoms. The van der Waals surface area contributed by atoms with Gasteiger partial charge in [0.15, 0.2) is 0 Å². The molecule has 0 radical (unpaired) electrons. The summed E-state index contributed by atoms with van der Waals surface area (Å²) >= 11 is 0. The lowest BCUT2D eigenvalue weighted by atomic mass is 10.0. The van der Waals surface area contributed by atoms with Crippen LogP contribution in [0.15, 0.2) is 49.1 Å². The lowest BCUT2D eigenvalue weighted by molar-refractivity contribution is -0.126. The van der Waals surface area contributed by atoms with Gasteiger partial charge in [0.2, 0.25) is 5.91 Å². The van der Waals surface area contributed by atoms with Crippen LogP contribution in [0.2, 0.25) is 0 Å². The third-order valence-electron chi connectivity index (χ3n) is 8.11. The highest BCUT2D eigenvalue weighted by Crippen LogP contribution is 2.36. The molecule has 40 heavy (non-hydrogen) atoms. The number of phenolic OH excluding ortho intramolecular Hbond substituents is 1. The monoisotopic (exact) mass is 546 g/mol. The van der Waals surface area contributed by atoms with Crippen molar-refractivity contribution in [3.63, 3.8) is 0 Å². The Kier molecular flexibility index (Phi) is 7.42. The molecule has 1 amide bonds. The number of likely N-dealkylation sites (tertiary alicyclic amines) is 1. The van der Waals surface area contributed by atoms with E-state index in [0.29, 0.717) is 64.9 Å². The number of benzene rings is 2. The number of aromatic hydroxyl groups is 1. The molecule has 9 nitrogen and oxygen atoms in total. The number of halogens is 1. The van der Waals surface area contributed by atoms with Gasteiger partial charge in [-0.2, -0.15) is 9.97 Å². The molecule has 3 aliphatic heterocycles. The van der Waals surface area contributed by atoms with Gasteiger partial charge >= 0.3 is 6.01 Å². The molecule has 1 aromatic heterocycles. The minimum atomic E-state index is -0.766. The van der Waals surface area contributed by atoms with Crippen LogP contribution in [0, 0.1) is 0 Å². The fourth-order valence-corrected chi connectivity index (χ4v) is 5.98. The average Bonchev–Trinajstić information content (AvgIpc) is 3.40. The first kappa shape index (κ1) is 26.3. The second-order valence-corrected chi connectivity index (χ2v) is 10.7. The standard InChI is InChI=1S/C30H35FN6O3/c1-2-28(39)35-11-13-36(14-12-35)29-25-8-10-37(27-18-23(38)17-21-5-3-4-6-24(21)27)20-26(25)32-30(33-29)40-16-15-34-9-7-22(31)19-34/h2-6,17-18,22,38H,1,7-16,19-20H2. The third-order valence-corrected chi connectivity index (χ3v) is 8.11. The molecule has 210 valence electrons. The van der Waals surface area contributed by atoms with E-state index in [-0.39, 0.29) is 11.7 Å². The summed E-state index contributed by atoms with van der Waals surface area (Å²) in [5.74, 6) is 1.03. The number of amides is 1. The second-order valence-electron chi connectivity index (χ2n) is 10.7. The topological polar surface area (TPSA) is 85.3 Å². The summed E-state index contributed by atoms with van der Waals surface area (Å²) in [5.41, 5.74) is 2.96. The Bertz CT molecular complexity index is 1410. The Morgan fingerprint density at radius 1 is 1.10 bits per heavy atom. The highest BCUT2D eigenvalue weighted by molar-refractivity contribution is 5.95. The summed E-state index contributed by atoms with van der Waals surface area (Å²) in [6.07, 6.45) is 1.91. The van der Waals surface area contributed by atoms with Crippen LogP contribution in [-0.2, 0) is 17.8 Å². The van der Waals surface area contributed by atoms with Gasteiger partial charge in [0.25, 0.3) is 0 Å². The zero-order chi connectivity index (χ0) is 27.6. The molecule has 1 unspecified atom stereocenters. The molecule has 2 fully saturated rings. The highest BCUT2D eigenvalue weighted by Gasteiger charge is 2.29. The van der Waals surface area contributed by atoms with E-state index in [1.54, 1.807) is 11.0 Å². The molecule has 1 N–H and O–H groups in total. The molecule has 0 spiro atoms. The van der Waals surface area contributed by atoms with E-state index in [2.05, 4.69) is 27.3 Å². The Labute approximate surface area is 233 Å². The van der Waals surface area contributed by atoms with Gasteiger partial charge in [-0.15, -0.1) is 0 Å². The number of carbonyl (C=O) groups is 1. The van der Waals surface area contributed by atoms with Gasteiger partial charge in [-0.25, -0.2) is 4.39 Å². The largest absolute Gasteiger partial charge is 0.508 e. The van der Waals surface area contributed by atoms with Crippen molar-refractivity contribution in [2.24, 2.45) is 0 Å². The van der Waals surface area contributed by atoms with Crippen LogP contribution in [0.4, 0.5) is 15.9 Å². The summed E-state index contributed by atoms with van der Waals surface area (Å²) in [7, 11) is 0. The molecule has 4 heterocycles. The minimum absolute atomic E-state index is 0.0557. The van der Waals surface area contributed by atoms with Crippen LogP contribution in [0.3, 0.4) is 0 Å². The average molecular weight is 547 g/mol. The number of phenols is 1. The fraction of sp³-hybridized carbons (Fsp3) is 0.433. The number of hydrogen-bond acceptors (Lipinski definition) is 8. The fourth-order valence-electron chi connectivity index (χ4n) is 5.98. The molecule has 0 saturated carbocycles. The maximum atomic E-state index is 13.6. The molecule has 0 aliphatic carbocycles. The van der Waals surface area contributed by atoms with E-state index < -0.39 is 6.17 Å². The molecule has 2 aromatic carbocycles. The summed E-state index contributed by atoms with van der Waals surface area (Å²) in [6, 6.07) is 12.0. The molecule has 3 aliphatic rings. The van der Waals surface area contributed by atoms with Gasteiger partial charge < -0.3 is 24.5 Å². The third kappa shape index (κ3) is 5.40. The van der Waals surface area contributed by atoms with Crippen LogP contribution in [0.25, 0.3) is 10.8 Å². The molecule has 3 aromatic rings. The molecular formula is C30H35FN6O3. The van der Waals surface area contributed by atoms with E-state index >= 15 is 0 Å². The number of aromatic nitrogens is 2. The molecule has 1 atom stereocenters. The Morgan fingerprint density at radius 2 is 1.93 bits per heavy atom. The lowest BCUT2D eigenvalue weighted by Crippen LogP contribution is -2.49. The first-order valence-electron chi connectivity index (χ1n) is 14.0. The number of piperazine rings is 1. The Morgan fingerprint density at radius 3 is 2.70 bits per heavy atom. The minimum Gasteiger partial charge on any atom is -0.508 e. The van der Waals surface area contributed by atoms with E-state index in [1.165, 1.54) is 6.08 Å². The summed E-state index contributed by atoms with van der Waals surface area (Å²) < 4.78 is 19.7. The smallest absolute Gasteiger partial charge is 0.318 e. The maximum Gasteiger partial charge on any atom is 0.318 e.